The van der Waals surface area contributed by atoms with E-state index in [0.29, 0.717) is 0 Å². The van der Waals surface area contributed by atoms with Gasteiger partial charge in [0.1, 0.15) is 0 Å². The lowest BCUT2D eigenvalue weighted by atomic mass is 9.86. The van der Waals surface area contributed by atoms with Crippen LogP contribution >= 0.6 is 0 Å². The molecule has 3 atom stereocenters. The van der Waals surface area contributed by atoms with Gasteiger partial charge in [-0.1, -0.05) is 45.0 Å². The van der Waals surface area contributed by atoms with Gasteiger partial charge in [-0.15, -0.1) is 12.8 Å². The van der Waals surface area contributed by atoms with Crippen molar-refractivity contribution in [2.24, 2.45) is 11.8 Å². The fourth-order valence-electron chi connectivity index (χ4n) is 5.50. The van der Waals surface area contributed by atoms with Gasteiger partial charge in [0.25, 0.3) is 0 Å². The monoisotopic (exact) mass is 382 g/mol. The third kappa shape index (κ3) is 5.85. The van der Waals surface area contributed by atoms with Gasteiger partial charge in [0.15, 0.2) is 0 Å². The fraction of sp³-hybridized carbons (Fsp3) is 0.692. The second kappa shape index (κ2) is 12.3. The van der Waals surface area contributed by atoms with Gasteiger partial charge < -0.3 is 9.80 Å². The Morgan fingerprint density at radius 2 is 1.57 bits per heavy atom. The van der Waals surface area contributed by atoms with E-state index in [-0.39, 0.29) is 0 Å². The highest BCUT2D eigenvalue weighted by Crippen LogP contribution is 2.47. The first-order valence-corrected chi connectivity index (χ1v) is 11.7. The quantitative estimate of drug-likeness (QED) is 0.605. The lowest BCUT2D eigenvalue weighted by molar-refractivity contribution is 0.306. The van der Waals surface area contributed by atoms with Crippen LogP contribution in [0, 0.1) is 24.7 Å². The molecular weight excluding hydrogens is 340 g/mol. The van der Waals surface area contributed by atoms with Gasteiger partial charge in [-0.3, -0.25) is 0 Å². The van der Waals surface area contributed by atoms with Crippen LogP contribution in [-0.4, -0.2) is 49.1 Å². The van der Waals surface area contributed by atoms with Crippen molar-refractivity contribution in [1.29, 1.82) is 0 Å². The minimum absolute atomic E-state index is 0.824. The van der Waals surface area contributed by atoms with Gasteiger partial charge in [-0.2, -0.15) is 0 Å². The maximum atomic E-state index is 4.00. The smallest absolute Gasteiger partial charge is 0.00218 e. The summed E-state index contributed by atoms with van der Waals surface area (Å²) < 4.78 is 0. The molecule has 2 heterocycles. The van der Waals surface area contributed by atoms with Crippen LogP contribution in [0.5, 0.6) is 0 Å². The van der Waals surface area contributed by atoms with E-state index in [4.69, 9.17) is 0 Å². The number of nitrogens with zero attached hydrogens (tertiary/aromatic N) is 2. The molecule has 0 aromatic heterocycles. The molecule has 1 aliphatic carbocycles. The molecule has 0 N–H and O–H groups in total. The van der Waals surface area contributed by atoms with Gasteiger partial charge in [0, 0.05) is 19.6 Å². The van der Waals surface area contributed by atoms with Gasteiger partial charge in [0.05, 0.1) is 0 Å². The van der Waals surface area contributed by atoms with Gasteiger partial charge in [-0.25, -0.2) is 0 Å². The SMILES string of the molecule is C#C.CC.CCCN1CC2CC[C@@H](c3ccc(CCN4CCCC4)cc3)C2C1. The van der Waals surface area contributed by atoms with Gasteiger partial charge in [0.2, 0.25) is 0 Å². The summed E-state index contributed by atoms with van der Waals surface area (Å²) in [6.07, 6.45) is 16.2. The zero-order chi connectivity index (χ0) is 20.4. The Morgan fingerprint density at radius 3 is 2.21 bits per heavy atom. The summed E-state index contributed by atoms with van der Waals surface area (Å²) in [5.74, 6) is 2.72. The molecule has 2 aliphatic heterocycles. The highest BCUT2D eigenvalue weighted by molar-refractivity contribution is 5.28. The number of hydrogen-bond acceptors (Lipinski definition) is 2. The normalized spacial score (nSPS) is 26.8. The van der Waals surface area contributed by atoms with Crippen molar-refractivity contribution in [3.05, 3.63) is 35.4 Å². The van der Waals surface area contributed by atoms with Crippen LogP contribution in [0.25, 0.3) is 0 Å². The highest BCUT2D eigenvalue weighted by atomic mass is 15.2. The Kier molecular flexibility index (Phi) is 10.1. The molecule has 0 bridgehead atoms. The molecule has 156 valence electrons. The number of hydrogen-bond donors (Lipinski definition) is 0. The highest BCUT2D eigenvalue weighted by Gasteiger charge is 2.42. The summed E-state index contributed by atoms with van der Waals surface area (Å²) in [6, 6.07) is 9.73. The first kappa shape index (κ1) is 23.0. The standard InChI is InChI=1S/C22H34N2.C2H6.C2H2/c1-2-12-24-16-20-9-10-21(22(20)17-24)19-7-5-18(6-8-19)11-15-23-13-3-4-14-23;2*1-2/h5-8,20-22H,2-4,9-17H2,1H3;1-2H3;1-2H/t20?,21-,22?;;/m0../s1. The van der Waals surface area contributed by atoms with Crippen LogP contribution in [0.1, 0.15) is 69.9 Å². The van der Waals surface area contributed by atoms with E-state index in [0.717, 1.165) is 17.8 Å². The molecule has 28 heavy (non-hydrogen) atoms. The predicted molar refractivity (Wildman–Crippen MR) is 123 cm³/mol. The average molecular weight is 383 g/mol. The second-order valence-electron chi connectivity index (χ2n) is 8.41. The molecule has 2 nitrogen and oxygen atoms in total. The largest absolute Gasteiger partial charge is 0.303 e. The minimum Gasteiger partial charge on any atom is -0.303 e. The molecule has 0 spiro atoms. The molecule has 3 aliphatic rings. The summed E-state index contributed by atoms with van der Waals surface area (Å²) in [4.78, 5) is 5.34. The van der Waals surface area contributed by atoms with Crippen molar-refractivity contribution in [1.82, 2.24) is 9.80 Å². The molecule has 1 saturated carbocycles. The van der Waals surface area contributed by atoms with Crippen LogP contribution in [0.2, 0.25) is 0 Å². The molecule has 1 aromatic carbocycles. The Bertz CT molecular complexity index is 556. The van der Waals surface area contributed by atoms with Crippen molar-refractivity contribution < 1.29 is 0 Å². The Hall–Kier alpha value is -1.30. The van der Waals surface area contributed by atoms with Crippen molar-refractivity contribution in [2.45, 2.75) is 65.2 Å². The van der Waals surface area contributed by atoms with E-state index in [9.17, 15) is 0 Å². The first-order valence-electron chi connectivity index (χ1n) is 11.7. The van der Waals surface area contributed by atoms with Crippen LogP contribution < -0.4 is 0 Å². The number of benzene rings is 1. The summed E-state index contributed by atoms with van der Waals surface area (Å²) >= 11 is 0. The molecule has 3 fully saturated rings. The number of likely N-dealkylation sites (tertiary alicyclic amines) is 2. The van der Waals surface area contributed by atoms with E-state index in [1.54, 1.807) is 5.56 Å². The fourth-order valence-corrected chi connectivity index (χ4v) is 5.50. The molecule has 0 radical (unpaired) electrons. The van der Waals surface area contributed by atoms with E-state index in [1.807, 2.05) is 13.8 Å². The molecule has 4 rings (SSSR count). The Balaban J connectivity index is 0.000000660. The summed E-state index contributed by atoms with van der Waals surface area (Å²) in [5.41, 5.74) is 3.14. The second-order valence-corrected chi connectivity index (χ2v) is 8.41. The van der Waals surface area contributed by atoms with Crippen LogP contribution in [0.4, 0.5) is 0 Å². The molecule has 2 saturated heterocycles. The topological polar surface area (TPSA) is 6.48 Å². The van der Waals surface area contributed by atoms with Crippen LogP contribution in [-0.2, 0) is 6.42 Å². The predicted octanol–water partition coefficient (Wildman–Crippen LogP) is 5.44. The number of rotatable bonds is 6. The van der Waals surface area contributed by atoms with Gasteiger partial charge in [-0.05, 0) is 87.0 Å². The lowest BCUT2D eigenvalue weighted by Crippen LogP contribution is -2.23. The molecule has 0 amide bonds. The zero-order valence-electron chi connectivity index (χ0n) is 18.6. The van der Waals surface area contributed by atoms with Crippen molar-refractivity contribution >= 4 is 0 Å². The Labute approximate surface area is 174 Å². The van der Waals surface area contributed by atoms with Gasteiger partial charge >= 0.3 is 0 Å². The Morgan fingerprint density at radius 1 is 0.893 bits per heavy atom. The number of fused-ring (bicyclic) bond motifs is 1. The van der Waals surface area contributed by atoms with Crippen molar-refractivity contribution in [3.8, 4) is 12.8 Å². The van der Waals surface area contributed by atoms with E-state index in [1.165, 1.54) is 83.4 Å². The third-order valence-electron chi connectivity index (χ3n) is 6.80. The minimum atomic E-state index is 0.824. The summed E-state index contributed by atoms with van der Waals surface area (Å²) in [6.45, 7) is 14.2. The third-order valence-corrected chi connectivity index (χ3v) is 6.80. The maximum absolute atomic E-state index is 4.00. The average Bonchev–Trinajstić information content (AvgIpc) is 3.48. The van der Waals surface area contributed by atoms with E-state index < -0.39 is 0 Å². The van der Waals surface area contributed by atoms with Crippen LogP contribution in [0.15, 0.2) is 24.3 Å². The molecule has 2 unspecified atom stereocenters. The summed E-state index contributed by atoms with van der Waals surface area (Å²) in [7, 11) is 0. The zero-order valence-corrected chi connectivity index (χ0v) is 18.6. The first-order chi connectivity index (χ1) is 13.8. The van der Waals surface area contributed by atoms with Crippen molar-refractivity contribution in [2.75, 3.05) is 39.3 Å². The van der Waals surface area contributed by atoms with Crippen LogP contribution in [0.3, 0.4) is 0 Å². The molecular formula is C26H42N2. The van der Waals surface area contributed by atoms with Crippen molar-refractivity contribution in [3.63, 3.8) is 0 Å². The maximum Gasteiger partial charge on any atom is 0.00218 e. The summed E-state index contributed by atoms with van der Waals surface area (Å²) in [5, 5.41) is 0. The number of terminal acetylenes is 1. The van der Waals surface area contributed by atoms with E-state index in [2.05, 4.69) is 53.8 Å². The lowest BCUT2D eigenvalue weighted by Gasteiger charge is -2.21. The molecule has 2 heteroatoms. The molecule has 1 aromatic rings. The van der Waals surface area contributed by atoms with E-state index >= 15 is 0 Å².